The summed E-state index contributed by atoms with van der Waals surface area (Å²) in [6.07, 6.45) is 16.7. The average molecular weight is 319 g/mol. The molecule has 0 radical (unpaired) electrons. The van der Waals surface area contributed by atoms with E-state index in [4.69, 9.17) is 4.74 Å². The highest BCUT2D eigenvalue weighted by atomic mass is 16.5. The number of fused-ring (bicyclic) bond motifs is 3. The SMILES string of the molecule is COC(=O)C1(N2C3CCCCC3C3CCCCC32)CCCCC1. The van der Waals surface area contributed by atoms with E-state index in [-0.39, 0.29) is 11.5 Å². The molecule has 4 rings (SSSR count). The smallest absolute Gasteiger partial charge is 0.326 e. The number of likely N-dealkylation sites (tertiary alicyclic amines) is 1. The fourth-order valence-electron chi connectivity index (χ4n) is 6.74. The Morgan fingerprint density at radius 3 is 1.87 bits per heavy atom. The second-order valence-corrected chi connectivity index (χ2v) is 8.52. The molecule has 0 amide bonds. The van der Waals surface area contributed by atoms with Crippen molar-refractivity contribution in [3.8, 4) is 0 Å². The molecule has 3 aliphatic carbocycles. The first-order valence-electron chi connectivity index (χ1n) is 10.1. The lowest BCUT2D eigenvalue weighted by Gasteiger charge is -2.49. The fraction of sp³-hybridized carbons (Fsp3) is 0.950. The van der Waals surface area contributed by atoms with Crippen LogP contribution in [0.1, 0.15) is 83.5 Å². The molecule has 4 fully saturated rings. The molecule has 0 spiro atoms. The van der Waals surface area contributed by atoms with Crippen molar-refractivity contribution in [2.75, 3.05) is 7.11 Å². The molecule has 23 heavy (non-hydrogen) atoms. The summed E-state index contributed by atoms with van der Waals surface area (Å²) in [5, 5.41) is 0. The molecule has 1 aliphatic heterocycles. The van der Waals surface area contributed by atoms with Crippen molar-refractivity contribution in [2.45, 2.75) is 101 Å². The Kier molecular flexibility index (Phi) is 4.42. The van der Waals surface area contributed by atoms with Crippen molar-refractivity contribution in [1.29, 1.82) is 0 Å². The number of hydrogen-bond donors (Lipinski definition) is 0. The zero-order valence-corrected chi connectivity index (χ0v) is 14.8. The van der Waals surface area contributed by atoms with Crippen molar-refractivity contribution in [3.63, 3.8) is 0 Å². The third-order valence-electron chi connectivity index (χ3n) is 7.57. The molecule has 130 valence electrons. The second-order valence-electron chi connectivity index (χ2n) is 8.52. The van der Waals surface area contributed by atoms with Crippen molar-refractivity contribution >= 4 is 5.97 Å². The molecule has 0 aromatic rings. The normalized spacial score (nSPS) is 40.2. The summed E-state index contributed by atoms with van der Waals surface area (Å²) in [5.41, 5.74) is -0.288. The van der Waals surface area contributed by atoms with Gasteiger partial charge < -0.3 is 4.74 Å². The van der Waals surface area contributed by atoms with Crippen LogP contribution in [-0.4, -0.2) is 35.6 Å². The highest BCUT2D eigenvalue weighted by Crippen LogP contribution is 2.54. The molecule has 3 nitrogen and oxygen atoms in total. The lowest BCUT2D eigenvalue weighted by Crippen LogP contribution is -2.61. The maximum atomic E-state index is 13.0. The summed E-state index contributed by atoms with van der Waals surface area (Å²) < 4.78 is 5.38. The van der Waals surface area contributed by atoms with Crippen molar-refractivity contribution < 1.29 is 9.53 Å². The van der Waals surface area contributed by atoms with E-state index in [0.717, 1.165) is 24.7 Å². The van der Waals surface area contributed by atoms with E-state index >= 15 is 0 Å². The second kappa shape index (κ2) is 6.38. The monoisotopic (exact) mass is 319 g/mol. The highest BCUT2D eigenvalue weighted by Gasteiger charge is 2.59. The Hall–Kier alpha value is -0.570. The van der Waals surface area contributed by atoms with Gasteiger partial charge in [0, 0.05) is 12.1 Å². The lowest BCUT2D eigenvalue weighted by atomic mass is 9.73. The van der Waals surface area contributed by atoms with Crippen LogP contribution >= 0.6 is 0 Å². The van der Waals surface area contributed by atoms with Gasteiger partial charge in [0.15, 0.2) is 0 Å². The van der Waals surface area contributed by atoms with Gasteiger partial charge in [0.1, 0.15) is 5.54 Å². The first-order valence-corrected chi connectivity index (χ1v) is 10.1. The molecule has 4 atom stereocenters. The maximum Gasteiger partial charge on any atom is 0.326 e. The number of nitrogens with zero attached hydrogens (tertiary/aromatic N) is 1. The van der Waals surface area contributed by atoms with E-state index in [0.29, 0.717) is 12.1 Å². The lowest BCUT2D eigenvalue weighted by molar-refractivity contribution is -0.162. The van der Waals surface area contributed by atoms with Crippen LogP contribution in [0.15, 0.2) is 0 Å². The minimum atomic E-state index is -0.288. The third-order valence-corrected chi connectivity index (χ3v) is 7.57. The number of rotatable bonds is 2. The molecule has 0 bridgehead atoms. The Morgan fingerprint density at radius 1 is 0.826 bits per heavy atom. The Balaban J connectivity index is 1.72. The molecule has 0 aromatic carbocycles. The number of esters is 1. The predicted molar refractivity (Wildman–Crippen MR) is 91.2 cm³/mol. The molecule has 3 heteroatoms. The van der Waals surface area contributed by atoms with E-state index in [1.165, 1.54) is 70.6 Å². The summed E-state index contributed by atoms with van der Waals surface area (Å²) in [6, 6.07) is 1.32. The largest absolute Gasteiger partial charge is 0.468 e. The third kappa shape index (κ3) is 2.45. The van der Waals surface area contributed by atoms with Crippen LogP contribution < -0.4 is 0 Å². The number of methoxy groups -OCH3 is 1. The van der Waals surface area contributed by atoms with Crippen LogP contribution in [0.3, 0.4) is 0 Å². The van der Waals surface area contributed by atoms with Gasteiger partial charge in [-0.15, -0.1) is 0 Å². The summed E-state index contributed by atoms with van der Waals surface area (Å²) in [6.45, 7) is 0. The summed E-state index contributed by atoms with van der Waals surface area (Å²) >= 11 is 0. The summed E-state index contributed by atoms with van der Waals surface area (Å²) in [7, 11) is 1.60. The van der Waals surface area contributed by atoms with Crippen LogP contribution in [0.25, 0.3) is 0 Å². The Bertz CT molecular complexity index is 421. The number of carbonyl (C=O) groups excluding carboxylic acids is 1. The van der Waals surface area contributed by atoms with Gasteiger partial charge in [-0.2, -0.15) is 0 Å². The molecular formula is C20H33NO2. The quantitative estimate of drug-likeness (QED) is 0.711. The van der Waals surface area contributed by atoms with E-state index < -0.39 is 0 Å². The average Bonchev–Trinajstić information content (AvgIpc) is 2.96. The first kappa shape index (κ1) is 15.9. The Labute approximate surface area is 141 Å². The molecule has 1 saturated heterocycles. The van der Waals surface area contributed by atoms with Crippen LogP contribution in [0.5, 0.6) is 0 Å². The van der Waals surface area contributed by atoms with Crippen LogP contribution in [-0.2, 0) is 9.53 Å². The van der Waals surface area contributed by atoms with Gasteiger partial charge in [-0.25, -0.2) is 0 Å². The van der Waals surface area contributed by atoms with E-state index in [2.05, 4.69) is 4.90 Å². The van der Waals surface area contributed by atoms with E-state index in [9.17, 15) is 4.79 Å². The maximum absolute atomic E-state index is 13.0. The summed E-state index contributed by atoms with van der Waals surface area (Å²) in [4.78, 5) is 15.7. The van der Waals surface area contributed by atoms with Gasteiger partial charge in [-0.1, -0.05) is 44.9 Å². The standard InChI is InChI=1S/C20H33NO2/c1-23-19(22)20(13-7-2-8-14-20)21-17-11-5-3-9-15(17)16-10-4-6-12-18(16)21/h15-18H,2-14H2,1H3. The van der Waals surface area contributed by atoms with Gasteiger partial charge in [-0.3, -0.25) is 9.69 Å². The molecule has 0 N–H and O–H groups in total. The van der Waals surface area contributed by atoms with Crippen molar-refractivity contribution in [3.05, 3.63) is 0 Å². The Morgan fingerprint density at radius 2 is 1.35 bits per heavy atom. The molecule has 3 saturated carbocycles. The van der Waals surface area contributed by atoms with Gasteiger partial charge in [-0.05, 0) is 50.4 Å². The molecule has 0 aromatic heterocycles. The minimum Gasteiger partial charge on any atom is -0.468 e. The topological polar surface area (TPSA) is 29.5 Å². The van der Waals surface area contributed by atoms with E-state index in [1.807, 2.05) is 0 Å². The van der Waals surface area contributed by atoms with Crippen LogP contribution in [0.4, 0.5) is 0 Å². The van der Waals surface area contributed by atoms with Gasteiger partial charge in [0.25, 0.3) is 0 Å². The number of ether oxygens (including phenoxy) is 1. The number of carbonyl (C=O) groups is 1. The van der Waals surface area contributed by atoms with Gasteiger partial charge in [0.05, 0.1) is 7.11 Å². The van der Waals surface area contributed by atoms with Crippen molar-refractivity contribution in [1.82, 2.24) is 4.90 Å². The summed E-state index contributed by atoms with van der Waals surface area (Å²) in [5.74, 6) is 1.79. The zero-order chi connectivity index (χ0) is 15.9. The molecule has 1 heterocycles. The first-order chi connectivity index (χ1) is 11.3. The molecule has 4 unspecified atom stereocenters. The van der Waals surface area contributed by atoms with Gasteiger partial charge >= 0.3 is 5.97 Å². The number of hydrogen-bond acceptors (Lipinski definition) is 3. The molecular weight excluding hydrogens is 286 g/mol. The predicted octanol–water partition coefficient (Wildman–Crippen LogP) is 4.30. The van der Waals surface area contributed by atoms with Gasteiger partial charge in [0.2, 0.25) is 0 Å². The van der Waals surface area contributed by atoms with Crippen molar-refractivity contribution in [2.24, 2.45) is 11.8 Å². The zero-order valence-electron chi connectivity index (χ0n) is 14.8. The molecule has 4 aliphatic rings. The minimum absolute atomic E-state index is 0.0766. The van der Waals surface area contributed by atoms with Crippen LogP contribution in [0, 0.1) is 11.8 Å². The van der Waals surface area contributed by atoms with E-state index in [1.54, 1.807) is 7.11 Å². The van der Waals surface area contributed by atoms with Crippen LogP contribution in [0.2, 0.25) is 0 Å². The fourth-order valence-corrected chi connectivity index (χ4v) is 6.74. The highest BCUT2D eigenvalue weighted by molar-refractivity contribution is 5.81.